The summed E-state index contributed by atoms with van der Waals surface area (Å²) in [4.78, 5) is 13.8. The predicted octanol–water partition coefficient (Wildman–Crippen LogP) is 6.71. The molecule has 9 nitrogen and oxygen atoms in total. The average Bonchev–Trinajstić information content (AvgIpc) is 3.45. The van der Waals surface area contributed by atoms with Crippen molar-refractivity contribution in [2.75, 3.05) is 10.6 Å². The average molecular weight is 511 g/mol. The Morgan fingerprint density at radius 1 is 0.897 bits per heavy atom. The van der Waals surface area contributed by atoms with Crippen LogP contribution in [0.1, 0.15) is 22.3 Å². The van der Waals surface area contributed by atoms with E-state index >= 15 is 0 Å². The molecule has 2 aromatic heterocycles. The van der Waals surface area contributed by atoms with Crippen LogP contribution < -0.4 is 10.6 Å². The lowest BCUT2D eigenvalue weighted by molar-refractivity contribution is 0.432. The van der Waals surface area contributed by atoms with Crippen LogP contribution in [-0.4, -0.2) is 20.1 Å². The van der Waals surface area contributed by atoms with E-state index in [-0.39, 0.29) is 5.89 Å². The number of hydrogen-bond donors (Lipinski definition) is 2. The first-order valence-corrected chi connectivity index (χ1v) is 12.0. The molecule has 0 amide bonds. The molecule has 0 saturated heterocycles. The smallest absolute Gasteiger partial charge is 0.263 e. The van der Waals surface area contributed by atoms with Crippen molar-refractivity contribution in [3.8, 4) is 35.0 Å². The van der Waals surface area contributed by atoms with Crippen molar-refractivity contribution < 1.29 is 4.52 Å². The fourth-order valence-electron chi connectivity index (χ4n) is 4.03. The summed E-state index contributed by atoms with van der Waals surface area (Å²) < 4.78 is 5.62. The molecular weight excluding hydrogens is 488 g/mol. The van der Waals surface area contributed by atoms with Gasteiger partial charge in [0, 0.05) is 29.2 Å². The molecule has 0 spiro atoms. The highest BCUT2D eigenvalue weighted by atomic mass is 16.5. The summed E-state index contributed by atoms with van der Waals surface area (Å²) in [6.45, 7) is 3.96. The molecule has 188 valence electrons. The molecule has 0 saturated carbocycles. The first-order chi connectivity index (χ1) is 19.0. The number of anilines is 4. The number of aryl methyl sites for hydroxylation is 2. The van der Waals surface area contributed by atoms with Crippen LogP contribution in [0.5, 0.6) is 0 Å². The summed E-state index contributed by atoms with van der Waals surface area (Å²) in [6.07, 6.45) is 4.84. The lowest BCUT2D eigenvalue weighted by Crippen LogP contribution is -2.05. The minimum atomic E-state index is 0.269. The molecule has 0 fully saturated rings. The molecule has 0 unspecified atom stereocenters. The van der Waals surface area contributed by atoms with Crippen molar-refractivity contribution in [3.63, 3.8) is 0 Å². The van der Waals surface area contributed by atoms with Crippen molar-refractivity contribution >= 4 is 29.2 Å². The lowest BCUT2D eigenvalue weighted by Gasteiger charge is -2.16. The first kappa shape index (κ1) is 24.9. The second kappa shape index (κ2) is 11.1. The summed E-state index contributed by atoms with van der Waals surface area (Å²) in [7, 11) is 0. The van der Waals surface area contributed by atoms with Crippen LogP contribution in [0.2, 0.25) is 0 Å². The Labute approximate surface area is 225 Å². The molecule has 2 N–H and O–H groups in total. The Balaban J connectivity index is 1.54. The highest BCUT2D eigenvalue weighted by Gasteiger charge is 2.19. The Hall–Kier alpha value is -5.80. The van der Waals surface area contributed by atoms with E-state index in [1.165, 1.54) is 6.08 Å². The normalized spacial score (nSPS) is 10.7. The van der Waals surface area contributed by atoms with Gasteiger partial charge in [-0.1, -0.05) is 35.5 Å². The van der Waals surface area contributed by atoms with E-state index in [1.807, 2.05) is 62.4 Å². The van der Waals surface area contributed by atoms with Crippen molar-refractivity contribution in [2.24, 2.45) is 0 Å². The Bertz CT molecular complexity index is 1720. The molecule has 39 heavy (non-hydrogen) atoms. The Kier molecular flexibility index (Phi) is 7.06. The van der Waals surface area contributed by atoms with Gasteiger partial charge in [-0.05, 0) is 73.0 Å². The molecule has 5 rings (SSSR count). The second-order valence-corrected chi connectivity index (χ2v) is 8.68. The summed E-state index contributed by atoms with van der Waals surface area (Å²) in [5.74, 6) is 1.54. The number of nitriles is 2. The molecule has 2 heterocycles. The number of rotatable bonds is 7. The van der Waals surface area contributed by atoms with Crippen molar-refractivity contribution in [3.05, 3.63) is 101 Å². The number of hydrogen-bond acceptors (Lipinski definition) is 9. The van der Waals surface area contributed by atoms with Gasteiger partial charge in [0.25, 0.3) is 5.89 Å². The highest BCUT2D eigenvalue weighted by Crippen LogP contribution is 2.33. The van der Waals surface area contributed by atoms with Gasteiger partial charge in [0.05, 0.1) is 17.7 Å². The van der Waals surface area contributed by atoms with E-state index in [4.69, 9.17) is 20.0 Å². The van der Waals surface area contributed by atoms with Gasteiger partial charge < -0.3 is 15.2 Å². The zero-order valence-corrected chi connectivity index (χ0v) is 21.2. The van der Waals surface area contributed by atoms with Gasteiger partial charge in [-0.25, -0.2) is 4.98 Å². The quantitative estimate of drug-likeness (QED) is 0.229. The third-order valence-corrected chi connectivity index (χ3v) is 5.90. The zero-order chi connectivity index (χ0) is 27.2. The molecular formula is C30H22N8O. The number of nitrogens with one attached hydrogen (secondary N) is 2. The van der Waals surface area contributed by atoms with Gasteiger partial charge in [0.15, 0.2) is 0 Å². The molecule has 0 aliphatic rings. The maximum absolute atomic E-state index is 9.07. The monoisotopic (exact) mass is 510 g/mol. The molecule has 5 aromatic rings. The molecule has 3 aromatic carbocycles. The number of nitrogens with zero attached hydrogens (tertiary/aromatic N) is 6. The Morgan fingerprint density at radius 2 is 1.64 bits per heavy atom. The van der Waals surface area contributed by atoms with Gasteiger partial charge in [-0.3, -0.25) is 0 Å². The molecule has 0 aliphatic carbocycles. The largest absolute Gasteiger partial charge is 0.339 e. The van der Waals surface area contributed by atoms with Gasteiger partial charge in [-0.2, -0.15) is 20.5 Å². The van der Waals surface area contributed by atoms with E-state index in [2.05, 4.69) is 31.8 Å². The van der Waals surface area contributed by atoms with Gasteiger partial charge in [0.2, 0.25) is 11.8 Å². The summed E-state index contributed by atoms with van der Waals surface area (Å²) in [6, 6.07) is 24.7. The number of aromatic nitrogens is 4. The number of benzene rings is 3. The van der Waals surface area contributed by atoms with Gasteiger partial charge in [0.1, 0.15) is 11.4 Å². The molecule has 0 atom stereocenters. The minimum Gasteiger partial charge on any atom is -0.339 e. The fourth-order valence-corrected chi connectivity index (χ4v) is 4.03. The van der Waals surface area contributed by atoms with Crippen LogP contribution >= 0.6 is 0 Å². The third-order valence-electron chi connectivity index (χ3n) is 5.90. The predicted molar refractivity (Wildman–Crippen MR) is 149 cm³/mol. The minimum absolute atomic E-state index is 0.269. The van der Waals surface area contributed by atoms with Crippen LogP contribution in [0.25, 0.3) is 28.9 Å². The third kappa shape index (κ3) is 5.63. The summed E-state index contributed by atoms with van der Waals surface area (Å²) in [5.41, 5.74) is 6.37. The SMILES string of the molecule is Cc1cc(/C=C/C#N)cc(C)c1Nc1nc(Nc2ccc(C#N)cc2)ncc1-c1nc(-c2ccccc2)no1. The van der Waals surface area contributed by atoms with E-state index in [1.54, 1.807) is 36.5 Å². The van der Waals surface area contributed by atoms with E-state index in [0.29, 0.717) is 28.7 Å². The van der Waals surface area contributed by atoms with E-state index < -0.39 is 0 Å². The van der Waals surface area contributed by atoms with Gasteiger partial charge in [-0.15, -0.1) is 0 Å². The lowest BCUT2D eigenvalue weighted by atomic mass is 10.0. The highest BCUT2D eigenvalue weighted by molar-refractivity contribution is 5.78. The van der Waals surface area contributed by atoms with Crippen LogP contribution in [0.3, 0.4) is 0 Å². The van der Waals surface area contributed by atoms with Crippen LogP contribution in [-0.2, 0) is 0 Å². The zero-order valence-electron chi connectivity index (χ0n) is 21.2. The second-order valence-electron chi connectivity index (χ2n) is 8.68. The number of allylic oxidation sites excluding steroid dienone is 1. The fraction of sp³-hybridized carbons (Fsp3) is 0.0667. The van der Waals surface area contributed by atoms with E-state index in [0.717, 1.165) is 33.6 Å². The van der Waals surface area contributed by atoms with Crippen molar-refractivity contribution in [1.82, 2.24) is 20.1 Å². The molecule has 9 heteroatoms. The molecule has 0 radical (unpaired) electrons. The first-order valence-electron chi connectivity index (χ1n) is 12.0. The standard InChI is InChI=1S/C30H22N8O/c1-19-15-22(7-6-14-31)16-20(2)26(19)35-28-25(29-36-27(38-39-29)23-8-4-3-5-9-23)18-33-30(37-28)34-24-12-10-21(17-32)11-13-24/h3-13,15-16,18H,1-2H3,(H2,33,34,35,37)/b7-6+. The van der Waals surface area contributed by atoms with E-state index in [9.17, 15) is 0 Å². The van der Waals surface area contributed by atoms with Crippen LogP contribution in [0.15, 0.2) is 83.5 Å². The molecule has 0 bridgehead atoms. The maximum atomic E-state index is 9.07. The van der Waals surface area contributed by atoms with Crippen LogP contribution in [0, 0.1) is 36.5 Å². The van der Waals surface area contributed by atoms with Crippen LogP contribution in [0.4, 0.5) is 23.1 Å². The molecule has 0 aliphatic heterocycles. The topological polar surface area (TPSA) is 136 Å². The summed E-state index contributed by atoms with van der Waals surface area (Å²) in [5, 5.41) is 28.7. The van der Waals surface area contributed by atoms with Crippen molar-refractivity contribution in [1.29, 1.82) is 10.5 Å². The van der Waals surface area contributed by atoms with Crippen molar-refractivity contribution in [2.45, 2.75) is 13.8 Å². The maximum Gasteiger partial charge on any atom is 0.263 e. The van der Waals surface area contributed by atoms with Gasteiger partial charge >= 0.3 is 0 Å². The summed E-state index contributed by atoms with van der Waals surface area (Å²) >= 11 is 0. The Morgan fingerprint density at radius 3 is 2.33 bits per heavy atom.